The quantitative estimate of drug-likeness (QED) is 0.772. The third-order valence-electron chi connectivity index (χ3n) is 3.67. The van der Waals surface area contributed by atoms with Crippen LogP contribution in [0, 0.1) is 0 Å². The van der Waals surface area contributed by atoms with Gasteiger partial charge in [-0.1, -0.05) is 12.1 Å². The Labute approximate surface area is 156 Å². The highest BCUT2D eigenvalue weighted by Crippen LogP contribution is 2.32. The van der Waals surface area contributed by atoms with Crippen molar-refractivity contribution in [3.05, 3.63) is 48.0 Å². The number of esters is 1. The van der Waals surface area contributed by atoms with Crippen LogP contribution in [0.3, 0.4) is 0 Å². The SMILES string of the molecule is CS(=O)(=O)c1ccccc1C(=O)OCC(=O)Nc1ccc2c(c1)OCCO2. The molecule has 0 aromatic heterocycles. The van der Waals surface area contributed by atoms with Crippen molar-refractivity contribution in [1.82, 2.24) is 0 Å². The van der Waals surface area contributed by atoms with Crippen LogP contribution in [0.2, 0.25) is 0 Å². The molecule has 142 valence electrons. The summed E-state index contributed by atoms with van der Waals surface area (Å²) in [7, 11) is -3.60. The Morgan fingerprint density at radius 3 is 2.52 bits per heavy atom. The Morgan fingerprint density at radius 2 is 1.78 bits per heavy atom. The lowest BCUT2D eigenvalue weighted by Gasteiger charge is -2.19. The molecule has 0 spiro atoms. The number of nitrogens with one attached hydrogen (secondary N) is 1. The molecule has 0 fully saturated rings. The zero-order valence-electron chi connectivity index (χ0n) is 14.4. The normalized spacial score (nSPS) is 12.9. The Balaban J connectivity index is 1.62. The second kappa shape index (κ2) is 7.67. The molecule has 3 rings (SSSR count). The molecular formula is C18H17NO7S. The zero-order valence-corrected chi connectivity index (χ0v) is 15.2. The average Bonchev–Trinajstić information content (AvgIpc) is 2.65. The van der Waals surface area contributed by atoms with Gasteiger partial charge in [0, 0.05) is 18.0 Å². The first kappa shape index (κ1) is 18.7. The van der Waals surface area contributed by atoms with E-state index in [9.17, 15) is 18.0 Å². The number of fused-ring (bicyclic) bond motifs is 1. The third kappa shape index (κ3) is 4.56. The topological polar surface area (TPSA) is 108 Å². The second-order valence-corrected chi connectivity index (χ2v) is 7.74. The van der Waals surface area contributed by atoms with E-state index < -0.39 is 28.3 Å². The van der Waals surface area contributed by atoms with Crippen LogP contribution in [-0.2, 0) is 19.4 Å². The van der Waals surface area contributed by atoms with Crippen molar-refractivity contribution in [1.29, 1.82) is 0 Å². The van der Waals surface area contributed by atoms with Crippen LogP contribution in [0.5, 0.6) is 11.5 Å². The minimum atomic E-state index is -3.60. The highest BCUT2D eigenvalue weighted by molar-refractivity contribution is 7.90. The first-order chi connectivity index (χ1) is 12.8. The Kier molecular flexibility index (Phi) is 5.31. The number of benzene rings is 2. The van der Waals surface area contributed by atoms with Gasteiger partial charge in [-0.3, -0.25) is 4.79 Å². The first-order valence-electron chi connectivity index (χ1n) is 8.00. The molecule has 0 radical (unpaired) electrons. The van der Waals surface area contributed by atoms with Crippen molar-refractivity contribution in [3.63, 3.8) is 0 Å². The van der Waals surface area contributed by atoms with Gasteiger partial charge >= 0.3 is 5.97 Å². The van der Waals surface area contributed by atoms with E-state index in [1.54, 1.807) is 18.2 Å². The van der Waals surface area contributed by atoms with Crippen molar-refractivity contribution in [3.8, 4) is 11.5 Å². The van der Waals surface area contributed by atoms with Crippen LogP contribution in [0.1, 0.15) is 10.4 Å². The van der Waals surface area contributed by atoms with Crippen molar-refractivity contribution in [2.45, 2.75) is 4.90 Å². The number of hydrogen-bond acceptors (Lipinski definition) is 7. The minimum absolute atomic E-state index is 0.118. The molecule has 1 heterocycles. The van der Waals surface area contributed by atoms with Crippen molar-refractivity contribution in [2.75, 3.05) is 31.4 Å². The molecule has 8 nitrogen and oxygen atoms in total. The maximum atomic E-state index is 12.2. The van der Waals surface area contributed by atoms with Crippen molar-refractivity contribution < 1.29 is 32.2 Å². The molecule has 0 aliphatic carbocycles. The highest BCUT2D eigenvalue weighted by Gasteiger charge is 2.20. The van der Waals surface area contributed by atoms with Gasteiger partial charge in [0.15, 0.2) is 27.9 Å². The maximum absolute atomic E-state index is 12.2. The van der Waals surface area contributed by atoms with E-state index in [0.29, 0.717) is 30.4 Å². The van der Waals surface area contributed by atoms with Crippen LogP contribution in [0.25, 0.3) is 0 Å². The number of amides is 1. The third-order valence-corrected chi connectivity index (χ3v) is 4.82. The molecule has 0 saturated carbocycles. The van der Waals surface area contributed by atoms with E-state index >= 15 is 0 Å². The fourth-order valence-corrected chi connectivity index (χ4v) is 3.36. The largest absolute Gasteiger partial charge is 0.486 e. The van der Waals surface area contributed by atoms with E-state index in [2.05, 4.69) is 5.32 Å². The first-order valence-corrected chi connectivity index (χ1v) is 9.89. The van der Waals surface area contributed by atoms with Crippen molar-refractivity contribution >= 4 is 27.4 Å². The summed E-state index contributed by atoms with van der Waals surface area (Å²) < 4.78 is 39.3. The lowest BCUT2D eigenvalue weighted by Crippen LogP contribution is -2.22. The van der Waals surface area contributed by atoms with Gasteiger partial charge in [0.2, 0.25) is 0 Å². The predicted molar refractivity (Wildman–Crippen MR) is 95.9 cm³/mol. The monoisotopic (exact) mass is 391 g/mol. The molecule has 1 amide bonds. The highest BCUT2D eigenvalue weighted by atomic mass is 32.2. The number of carbonyl (C=O) groups excluding carboxylic acids is 2. The molecule has 1 N–H and O–H groups in total. The van der Waals surface area contributed by atoms with E-state index in [0.717, 1.165) is 6.26 Å². The number of carbonyl (C=O) groups is 2. The number of hydrogen-bond donors (Lipinski definition) is 1. The molecule has 2 aromatic rings. The van der Waals surface area contributed by atoms with Gasteiger partial charge in [-0.15, -0.1) is 0 Å². The van der Waals surface area contributed by atoms with Crippen molar-refractivity contribution in [2.24, 2.45) is 0 Å². The zero-order chi connectivity index (χ0) is 19.4. The minimum Gasteiger partial charge on any atom is -0.486 e. The fraction of sp³-hybridized carbons (Fsp3) is 0.222. The van der Waals surface area contributed by atoms with Gasteiger partial charge in [-0.2, -0.15) is 0 Å². The van der Waals surface area contributed by atoms with E-state index in [1.165, 1.54) is 24.3 Å². The van der Waals surface area contributed by atoms with Crippen LogP contribution in [0.4, 0.5) is 5.69 Å². The summed E-state index contributed by atoms with van der Waals surface area (Å²) in [6.45, 7) is 0.316. The summed E-state index contributed by atoms with van der Waals surface area (Å²) in [5.74, 6) is -0.369. The number of rotatable bonds is 5. The van der Waals surface area contributed by atoms with Gasteiger partial charge in [0.25, 0.3) is 5.91 Å². The lowest BCUT2D eigenvalue weighted by atomic mass is 10.2. The molecule has 27 heavy (non-hydrogen) atoms. The predicted octanol–water partition coefficient (Wildman–Crippen LogP) is 1.66. The van der Waals surface area contributed by atoms with E-state index in [4.69, 9.17) is 14.2 Å². The molecule has 0 unspecified atom stereocenters. The summed E-state index contributed by atoms with van der Waals surface area (Å²) in [6.07, 6.45) is 0.994. The Morgan fingerprint density at radius 1 is 1.07 bits per heavy atom. The van der Waals surface area contributed by atoms with Gasteiger partial charge in [-0.05, 0) is 24.3 Å². The smallest absolute Gasteiger partial charge is 0.339 e. The summed E-state index contributed by atoms with van der Waals surface area (Å²) >= 11 is 0. The summed E-state index contributed by atoms with van der Waals surface area (Å²) in [6, 6.07) is 10.6. The number of sulfone groups is 1. The van der Waals surface area contributed by atoms with Crippen LogP contribution in [-0.4, -0.2) is 46.4 Å². The summed E-state index contributed by atoms with van der Waals surface area (Å²) in [5.41, 5.74) is 0.337. The molecule has 0 bridgehead atoms. The van der Waals surface area contributed by atoms with E-state index in [1.807, 2.05) is 0 Å². The van der Waals surface area contributed by atoms with Gasteiger partial charge < -0.3 is 19.5 Å². The van der Waals surface area contributed by atoms with Gasteiger partial charge in [-0.25, -0.2) is 13.2 Å². The van der Waals surface area contributed by atoms with Crippen LogP contribution >= 0.6 is 0 Å². The molecule has 0 atom stereocenters. The molecule has 9 heteroatoms. The summed E-state index contributed by atoms with van der Waals surface area (Å²) in [4.78, 5) is 24.0. The van der Waals surface area contributed by atoms with Gasteiger partial charge in [0.1, 0.15) is 13.2 Å². The Bertz CT molecular complexity index is 985. The van der Waals surface area contributed by atoms with Gasteiger partial charge in [0.05, 0.1) is 10.5 Å². The maximum Gasteiger partial charge on any atom is 0.339 e. The second-order valence-electron chi connectivity index (χ2n) is 5.75. The lowest BCUT2D eigenvalue weighted by molar-refractivity contribution is -0.119. The molecule has 0 saturated heterocycles. The average molecular weight is 391 g/mol. The van der Waals surface area contributed by atoms with E-state index in [-0.39, 0.29) is 10.5 Å². The molecule has 1 aliphatic heterocycles. The number of anilines is 1. The Hall–Kier alpha value is -3.07. The standard InChI is InChI=1S/C18H17NO7S/c1-27(22,23)16-5-3-2-4-13(16)18(21)26-11-17(20)19-12-6-7-14-15(10-12)25-9-8-24-14/h2-7,10H,8-9,11H2,1H3,(H,19,20). The molecule has 1 aliphatic rings. The van der Waals surface area contributed by atoms with Crippen LogP contribution < -0.4 is 14.8 Å². The molecular weight excluding hydrogens is 374 g/mol. The molecule has 2 aromatic carbocycles. The fourth-order valence-electron chi connectivity index (χ4n) is 2.49. The van der Waals surface area contributed by atoms with Crippen LogP contribution in [0.15, 0.2) is 47.4 Å². The number of ether oxygens (including phenoxy) is 3. The summed E-state index contributed by atoms with van der Waals surface area (Å²) in [5, 5.41) is 2.57.